The first-order chi connectivity index (χ1) is 6.70. The lowest BCUT2D eigenvalue weighted by Gasteiger charge is -2.10. The van der Waals surface area contributed by atoms with E-state index in [2.05, 4.69) is 10.6 Å². The zero-order valence-corrected chi connectivity index (χ0v) is 8.21. The molecule has 5 nitrogen and oxygen atoms in total. The van der Waals surface area contributed by atoms with Crippen LogP contribution in [0.2, 0.25) is 0 Å². The molecule has 0 saturated carbocycles. The molecule has 1 fully saturated rings. The van der Waals surface area contributed by atoms with Gasteiger partial charge in [-0.2, -0.15) is 0 Å². The molecule has 1 aliphatic heterocycles. The number of nitrogens with one attached hydrogen (secondary N) is 2. The Kier molecular flexibility index (Phi) is 4.39. The summed E-state index contributed by atoms with van der Waals surface area (Å²) in [6.45, 7) is 1.44. The maximum absolute atomic E-state index is 11.4. The van der Waals surface area contributed by atoms with Crippen LogP contribution in [0.15, 0.2) is 0 Å². The summed E-state index contributed by atoms with van der Waals surface area (Å²) in [6.07, 6.45) is 2.91. The largest absolute Gasteiger partial charge is 0.370 e. The summed E-state index contributed by atoms with van der Waals surface area (Å²) >= 11 is 0. The second-order valence-corrected chi connectivity index (χ2v) is 3.51. The Balaban J connectivity index is 2.05. The Labute approximate surface area is 83.4 Å². The topological polar surface area (TPSA) is 84.2 Å². The van der Waals surface area contributed by atoms with Crippen molar-refractivity contribution in [2.75, 3.05) is 13.1 Å². The first-order valence-electron chi connectivity index (χ1n) is 4.99. The molecule has 1 heterocycles. The first-order valence-corrected chi connectivity index (χ1v) is 4.99. The predicted octanol–water partition coefficient (Wildman–Crippen LogP) is -0.880. The van der Waals surface area contributed by atoms with E-state index in [0.29, 0.717) is 19.4 Å². The highest BCUT2D eigenvalue weighted by Gasteiger charge is 2.20. The van der Waals surface area contributed by atoms with Crippen molar-refractivity contribution < 1.29 is 9.59 Å². The smallest absolute Gasteiger partial charge is 0.237 e. The monoisotopic (exact) mass is 199 g/mol. The van der Waals surface area contributed by atoms with Gasteiger partial charge in [0, 0.05) is 13.0 Å². The number of hydrogen-bond acceptors (Lipinski definition) is 3. The molecule has 1 saturated heterocycles. The number of nitrogens with two attached hydrogens (primary N) is 1. The fraction of sp³-hybridized carbons (Fsp3) is 0.778. The summed E-state index contributed by atoms with van der Waals surface area (Å²) in [4.78, 5) is 21.8. The van der Waals surface area contributed by atoms with Gasteiger partial charge in [0.2, 0.25) is 11.8 Å². The molecule has 1 rings (SSSR count). The highest BCUT2D eigenvalue weighted by molar-refractivity contribution is 5.82. The fourth-order valence-corrected chi connectivity index (χ4v) is 1.51. The maximum Gasteiger partial charge on any atom is 0.237 e. The van der Waals surface area contributed by atoms with Crippen LogP contribution in [-0.4, -0.2) is 30.9 Å². The number of primary amides is 1. The van der Waals surface area contributed by atoms with Crippen molar-refractivity contribution >= 4 is 11.8 Å². The van der Waals surface area contributed by atoms with Crippen LogP contribution in [0.5, 0.6) is 0 Å². The highest BCUT2D eigenvalue weighted by atomic mass is 16.2. The number of carbonyl (C=O) groups excluding carboxylic acids is 2. The van der Waals surface area contributed by atoms with Crippen molar-refractivity contribution in [3.05, 3.63) is 0 Å². The molecule has 14 heavy (non-hydrogen) atoms. The molecule has 0 aliphatic carbocycles. The van der Waals surface area contributed by atoms with Crippen LogP contribution in [0.1, 0.15) is 25.7 Å². The molecule has 0 radical (unpaired) electrons. The lowest BCUT2D eigenvalue weighted by atomic mass is 10.2. The standard InChI is InChI=1S/C9H17N3O2/c10-8(13)4-2-6-12-9(14)7-3-1-5-11-7/h7,11H,1-6H2,(H2,10,13)(H,12,14)/t7-/m0/s1. The van der Waals surface area contributed by atoms with E-state index in [1.807, 2.05) is 0 Å². The Bertz CT molecular complexity index is 212. The van der Waals surface area contributed by atoms with Gasteiger partial charge in [-0.15, -0.1) is 0 Å². The summed E-state index contributed by atoms with van der Waals surface area (Å²) in [5, 5.41) is 5.87. The predicted molar refractivity (Wildman–Crippen MR) is 52.5 cm³/mol. The van der Waals surface area contributed by atoms with E-state index in [1.54, 1.807) is 0 Å². The minimum absolute atomic E-state index is 0.0342. The number of hydrogen-bond donors (Lipinski definition) is 3. The van der Waals surface area contributed by atoms with Gasteiger partial charge in [0.25, 0.3) is 0 Å². The Morgan fingerprint density at radius 3 is 2.86 bits per heavy atom. The van der Waals surface area contributed by atoms with E-state index in [1.165, 1.54) is 0 Å². The third-order valence-corrected chi connectivity index (χ3v) is 2.28. The summed E-state index contributed by atoms with van der Waals surface area (Å²) in [6, 6.07) is -0.0384. The van der Waals surface area contributed by atoms with E-state index in [9.17, 15) is 9.59 Å². The van der Waals surface area contributed by atoms with Gasteiger partial charge in [-0.25, -0.2) is 0 Å². The van der Waals surface area contributed by atoms with Crippen LogP contribution in [0.4, 0.5) is 0 Å². The minimum Gasteiger partial charge on any atom is -0.370 e. The normalized spacial score (nSPS) is 20.7. The molecule has 0 bridgehead atoms. The zero-order chi connectivity index (χ0) is 10.4. The highest BCUT2D eigenvalue weighted by Crippen LogP contribution is 2.04. The molecule has 0 unspecified atom stereocenters. The van der Waals surface area contributed by atoms with Crippen molar-refractivity contribution in [1.82, 2.24) is 10.6 Å². The fourth-order valence-electron chi connectivity index (χ4n) is 1.51. The molecule has 2 amide bonds. The quantitative estimate of drug-likeness (QED) is 0.503. The molecular formula is C9H17N3O2. The van der Waals surface area contributed by atoms with Gasteiger partial charge in [-0.3, -0.25) is 9.59 Å². The Morgan fingerprint density at radius 1 is 1.50 bits per heavy atom. The molecule has 0 spiro atoms. The summed E-state index contributed by atoms with van der Waals surface area (Å²) < 4.78 is 0. The number of amides is 2. The SMILES string of the molecule is NC(=O)CCCNC(=O)[C@@H]1CCCN1. The average molecular weight is 199 g/mol. The van der Waals surface area contributed by atoms with Crippen LogP contribution < -0.4 is 16.4 Å². The first kappa shape index (κ1) is 11.0. The Morgan fingerprint density at radius 2 is 2.29 bits per heavy atom. The van der Waals surface area contributed by atoms with Gasteiger partial charge in [0.15, 0.2) is 0 Å². The lowest BCUT2D eigenvalue weighted by Crippen LogP contribution is -2.40. The second-order valence-electron chi connectivity index (χ2n) is 3.51. The molecule has 80 valence electrons. The van der Waals surface area contributed by atoms with Gasteiger partial charge in [-0.1, -0.05) is 0 Å². The summed E-state index contributed by atoms with van der Waals surface area (Å²) in [5.41, 5.74) is 4.97. The van der Waals surface area contributed by atoms with Crippen molar-refractivity contribution in [2.24, 2.45) is 5.73 Å². The van der Waals surface area contributed by atoms with E-state index in [-0.39, 0.29) is 17.9 Å². The van der Waals surface area contributed by atoms with Crippen molar-refractivity contribution in [2.45, 2.75) is 31.7 Å². The van der Waals surface area contributed by atoms with E-state index < -0.39 is 0 Å². The molecule has 5 heteroatoms. The molecule has 1 aliphatic rings. The van der Waals surface area contributed by atoms with Crippen LogP contribution in [-0.2, 0) is 9.59 Å². The van der Waals surface area contributed by atoms with Crippen LogP contribution in [0, 0.1) is 0 Å². The van der Waals surface area contributed by atoms with Crippen LogP contribution in [0.25, 0.3) is 0 Å². The third kappa shape index (κ3) is 3.74. The Hall–Kier alpha value is -1.10. The van der Waals surface area contributed by atoms with Gasteiger partial charge in [0.1, 0.15) is 0 Å². The third-order valence-electron chi connectivity index (χ3n) is 2.28. The average Bonchev–Trinajstić information content (AvgIpc) is 2.64. The summed E-state index contributed by atoms with van der Waals surface area (Å²) in [7, 11) is 0. The lowest BCUT2D eigenvalue weighted by molar-refractivity contribution is -0.123. The van der Waals surface area contributed by atoms with Crippen molar-refractivity contribution in [3.8, 4) is 0 Å². The van der Waals surface area contributed by atoms with Crippen molar-refractivity contribution in [3.63, 3.8) is 0 Å². The van der Waals surface area contributed by atoms with E-state index in [0.717, 1.165) is 19.4 Å². The summed E-state index contributed by atoms with van der Waals surface area (Å²) in [5.74, 6) is -0.287. The number of rotatable bonds is 5. The van der Waals surface area contributed by atoms with E-state index in [4.69, 9.17) is 5.73 Å². The van der Waals surface area contributed by atoms with Gasteiger partial charge in [0.05, 0.1) is 6.04 Å². The number of carbonyl (C=O) groups is 2. The molecule has 4 N–H and O–H groups in total. The van der Waals surface area contributed by atoms with Crippen molar-refractivity contribution in [1.29, 1.82) is 0 Å². The molecule has 1 atom stereocenters. The van der Waals surface area contributed by atoms with Crippen LogP contribution in [0.3, 0.4) is 0 Å². The van der Waals surface area contributed by atoms with E-state index >= 15 is 0 Å². The second kappa shape index (κ2) is 5.59. The maximum atomic E-state index is 11.4. The van der Waals surface area contributed by atoms with Gasteiger partial charge in [-0.05, 0) is 25.8 Å². The van der Waals surface area contributed by atoms with Crippen LogP contribution >= 0.6 is 0 Å². The molecule has 0 aromatic heterocycles. The van der Waals surface area contributed by atoms with Gasteiger partial charge >= 0.3 is 0 Å². The molecule has 0 aromatic rings. The minimum atomic E-state index is -0.321. The van der Waals surface area contributed by atoms with Gasteiger partial charge < -0.3 is 16.4 Å². The molecule has 0 aromatic carbocycles. The molecular weight excluding hydrogens is 182 g/mol. The zero-order valence-electron chi connectivity index (χ0n) is 8.21.